The molecule has 1 nitrogen and oxygen atoms in total. The van der Waals surface area contributed by atoms with Crippen LogP contribution in [-0.2, 0) is 0 Å². The molecule has 0 radical (unpaired) electrons. The molecule has 2 atom stereocenters. The van der Waals surface area contributed by atoms with Crippen LogP contribution in [0.5, 0.6) is 0 Å². The maximum atomic E-state index is 5.66. The molecule has 0 heterocycles. The molecule has 0 amide bonds. The van der Waals surface area contributed by atoms with Gasteiger partial charge in [-0.2, -0.15) is 0 Å². The van der Waals surface area contributed by atoms with Crippen molar-refractivity contribution in [2.24, 2.45) is 11.7 Å². The third kappa shape index (κ3) is 1.49. The molecule has 0 bridgehead atoms. The van der Waals surface area contributed by atoms with E-state index in [-0.39, 0.29) is 0 Å². The topological polar surface area (TPSA) is 26.0 Å². The number of benzene rings is 1. The summed E-state index contributed by atoms with van der Waals surface area (Å²) < 4.78 is 0. The Kier molecular flexibility index (Phi) is 2.12. The Balaban J connectivity index is 2.30. The Labute approximate surface area is 80.0 Å². The molecular formula is C12H17N. The van der Waals surface area contributed by atoms with Crippen LogP contribution in [0.15, 0.2) is 18.2 Å². The summed E-state index contributed by atoms with van der Waals surface area (Å²) in [6.45, 7) is 5.25. The van der Waals surface area contributed by atoms with Crippen LogP contribution < -0.4 is 5.73 Å². The molecule has 2 unspecified atom stereocenters. The molecule has 1 aliphatic carbocycles. The lowest BCUT2D eigenvalue weighted by molar-refractivity contribution is 0.804. The van der Waals surface area contributed by atoms with Crippen LogP contribution in [0.1, 0.15) is 29.0 Å². The summed E-state index contributed by atoms with van der Waals surface area (Å²) in [6.07, 6.45) is 1.29. The SMILES string of the molecule is Cc1cccc(C)c1C1CC1CN. The van der Waals surface area contributed by atoms with Gasteiger partial charge in [0.15, 0.2) is 0 Å². The van der Waals surface area contributed by atoms with Crippen LogP contribution in [0.25, 0.3) is 0 Å². The van der Waals surface area contributed by atoms with Crippen LogP contribution in [0.4, 0.5) is 0 Å². The second-order valence-electron chi connectivity index (χ2n) is 4.14. The quantitative estimate of drug-likeness (QED) is 0.733. The van der Waals surface area contributed by atoms with Gasteiger partial charge in [-0.15, -0.1) is 0 Å². The normalized spacial score (nSPS) is 26.1. The Bertz CT molecular complexity index is 297. The first-order valence-electron chi connectivity index (χ1n) is 5.00. The highest BCUT2D eigenvalue weighted by molar-refractivity contribution is 5.39. The fourth-order valence-corrected chi connectivity index (χ4v) is 2.27. The molecule has 1 aromatic rings. The molecule has 1 heteroatoms. The molecule has 2 N–H and O–H groups in total. The van der Waals surface area contributed by atoms with Crippen molar-refractivity contribution in [3.05, 3.63) is 34.9 Å². The summed E-state index contributed by atoms with van der Waals surface area (Å²) in [6, 6.07) is 6.54. The summed E-state index contributed by atoms with van der Waals surface area (Å²) >= 11 is 0. The lowest BCUT2D eigenvalue weighted by Crippen LogP contribution is -2.03. The Morgan fingerprint density at radius 2 is 1.92 bits per heavy atom. The molecule has 1 saturated carbocycles. The molecule has 2 rings (SSSR count). The third-order valence-electron chi connectivity index (χ3n) is 3.14. The van der Waals surface area contributed by atoms with Crippen molar-refractivity contribution in [2.45, 2.75) is 26.2 Å². The van der Waals surface area contributed by atoms with E-state index in [9.17, 15) is 0 Å². The molecule has 1 aliphatic rings. The smallest absolute Gasteiger partial charge is 0.00428 e. The highest BCUT2D eigenvalue weighted by Gasteiger charge is 2.38. The number of nitrogens with two attached hydrogens (primary N) is 1. The fourth-order valence-electron chi connectivity index (χ4n) is 2.27. The van der Waals surface area contributed by atoms with E-state index in [1.807, 2.05) is 0 Å². The van der Waals surface area contributed by atoms with Gasteiger partial charge in [-0.25, -0.2) is 0 Å². The van der Waals surface area contributed by atoms with Crippen molar-refractivity contribution < 1.29 is 0 Å². The minimum absolute atomic E-state index is 0.750. The van der Waals surface area contributed by atoms with E-state index in [1.54, 1.807) is 5.56 Å². The number of hydrogen-bond donors (Lipinski definition) is 1. The Morgan fingerprint density at radius 3 is 2.38 bits per heavy atom. The molecular weight excluding hydrogens is 158 g/mol. The third-order valence-corrected chi connectivity index (χ3v) is 3.14. The molecule has 70 valence electrons. The van der Waals surface area contributed by atoms with Crippen molar-refractivity contribution in [3.8, 4) is 0 Å². The highest BCUT2D eigenvalue weighted by Crippen LogP contribution is 2.48. The molecule has 0 saturated heterocycles. The van der Waals surface area contributed by atoms with Gasteiger partial charge < -0.3 is 5.73 Å². The monoisotopic (exact) mass is 175 g/mol. The molecule has 0 aliphatic heterocycles. The Morgan fingerprint density at radius 1 is 1.31 bits per heavy atom. The molecule has 1 fully saturated rings. The molecule has 0 spiro atoms. The molecule has 13 heavy (non-hydrogen) atoms. The lowest BCUT2D eigenvalue weighted by atomic mass is 9.98. The zero-order valence-corrected chi connectivity index (χ0v) is 8.38. The van der Waals surface area contributed by atoms with Gasteiger partial charge in [0.05, 0.1) is 0 Å². The maximum Gasteiger partial charge on any atom is -0.00428 e. The molecule has 0 aromatic heterocycles. The minimum Gasteiger partial charge on any atom is -0.330 e. The highest BCUT2D eigenvalue weighted by atomic mass is 14.6. The summed E-state index contributed by atoms with van der Waals surface area (Å²) in [4.78, 5) is 0. The summed E-state index contributed by atoms with van der Waals surface area (Å²) in [5.41, 5.74) is 10.1. The summed E-state index contributed by atoms with van der Waals surface area (Å²) in [5.74, 6) is 1.51. The van der Waals surface area contributed by atoms with Gasteiger partial charge >= 0.3 is 0 Å². The van der Waals surface area contributed by atoms with Crippen LogP contribution in [0.3, 0.4) is 0 Å². The second kappa shape index (κ2) is 3.15. The standard InChI is InChI=1S/C12H17N/c1-8-4-3-5-9(2)12(8)11-6-10(11)7-13/h3-5,10-11H,6-7,13H2,1-2H3. The van der Waals surface area contributed by atoms with Gasteiger partial charge in [0, 0.05) is 0 Å². The largest absolute Gasteiger partial charge is 0.330 e. The van der Waals surface area contributed by atoms with Gasteiger partial charge in [-0.05, 0) is 55.3 Å². The van der Waals surface area contributed by atoms with E-state index in [1.165, 1.54) is 17.5 Å². The fraction of sp³-hybridized carbons (Fsp3) is 0.500. The first kappa shape index (κ1) is 8.76. The van der Waals surface area contributed by atoms with Crippen molar-refractivity contribution in [2.75, 3.05) is 6.54 Å². The van der Waals surface area contributed by atoms with Crippen LogP contribution in [-0.4, -0.2) is 6.54 Å². The Hall–Kier alpha value is -0.820. The average molecular weight is 175 g/mol. The van der Waals surface area contributed by atoms with E-state index in [0.717, 1.165) is 18.4 Å². The van der Waals surface area contributed by atoms with Gasteiger partial charge in [0.1, 0.15) is 0 Å². The zero-order chi connectivity index (χ0) is 9.42. The maximum absolute atomic E-state index is 5.66. The van der Waals surface area contributed by atoms with E-state index >= 15 is 0 Å². The number of hydrogen-bond acceptors (Lipinski definition) is 1. The molecule has 1 aromatic carbocycles. The predicted octanol–water partition coefficient (Wildman–Crippen LogP) is 2.37. The first-order valence-corrected chi connectivity index (χ1v) is 5.00. The van der Waals surface area contributed by atoms with Crippen molar-refractivity contribution >= 4 is 0 Å². The van der Waals surface area contributed by atoms with Gasteiger partial charge in [-0.3, -0.25) is 0 Å². The van der Waals surface area contributed by atoms with Crippen LogP contribution >= 0.6 is 0 Å². The van der Waals surface area contributed by atoms with Crippen LogP contribution in [0.2, 0.25) is 0 Å². The van der Waals surface area contributed by atoms with Crippen molar-refractivity contribution in [1.29, 1.82) is 0 Å². The van der Waals surface area contributed by atoms with Gasteiger partial charge in [0.25, 0.3) is 0 Å². The lowest BCUT2D eigenvalue weighted by Gasteiger charge is -2.08. The summed E-state index contributed by atoms with van der Waals surface area (Å²) in [7, 11) is 0. The first-order chi connectivity index (χ1) is 6.24. The van der Waals surface area contributed by atoms with Gasteiger partial charge in [-0.1, -0.05) is 18.2 Å². The van der Waals surface area contributed by atoms with Crippen molar-refractivity contribution in [1.82, 2.24) is 0 Å². The van der Waals surface area contributed by atoms with E-state index in [2.05, 4.69) is 32.0 Å². The zero-order valence-electron chi connectivity index (χ0n) is 8.38. The predicted molar refractivity (Wildman–Crippen MR) is 55.8 cm³/mol. The van der Waals surface area contributed by atoms with Crippen molar-refractivity contribution in [3.63, 3.8) is 0 Å². The minimum atomic E-state index is 0.750. The van der Waals surface area contributed by atoms with Gasteiger partial charge in [0.2, 0.25) is 0 Å². The van der Waals surface area contributed by atoms with E-state index in [4.69, 9.17) is 5.73 Å². The van der Waals surface area contributed by atoms with E-state index in [0.29, 0.717) is 0 Å². The summed E-state index contributed by atoms with van der Waals surface area (Å²) in [5, 5.41) is 0. The number of aryl methyl sites for hydroxylation is 2. The van der Waals surface area contributed by atoms with Crippen LogP contribution in [0, 0.1) is 19.8 Å². The number of rotatable bonds is 2. The van der Waals surface area contributed by atoms with E-state index < -0.39 is 0 Å². The second-order valence-corrected chi connectivity index (χ2v) is 4.14. The average Bonchev–Trinajstić information content (AvgIpc) is 2.83.